The molecule has 6 nitrogen and oxygen atoms in total. The molecule has 1 saturated heterocycles. The molecule has 22 heavy (non-hydrogen) atoms. The fraction of sp³-hybridized carbons (Fsp3) is 0.500. The Hall–Kier alpha value is -1.92. The predicted molar refractivity (Wildman–Crippen MR) is 78.9 cm³/mol. The molecule has 0 aromatic heterocycles. The molecule has 0 spiro atoms. The van der Waals surface area contributed by atoms with Crippen LogP contribution in [0.25, 0.3) is 0 Å². The highest BCUT2D eigenvalue weighted by atomic mass is 16.5. The van der Waals surface area contributed by atoms with E-state index in [1.165, 1.54) is 14.2 Å². The number of carbonyl (C=O) groups excluding carboxylic acids is 2. The summed E-state index contributed by atoms with van der Waals surface area (Å²) in [7, 11) is 2.52. The van der Waals surface area contributed by atoms with Crippen molar-refractivity contribution in [2.45, 2.75) is 24.9 Å². The van der Waals surface area contributed by atoms with Gasteiger partial charge in [0, 0.05) is 12.6 Å². The molecule has 0 unspecified atom stereocenters. The van der Waals surface area contributed by atoms with Crippen LogP contribution >= 0.6 is 0 Å². The fourth-order valence-corrected chi connectivity index (χ4v) is 3.16. The topological polar surface area (TPSA) is 84.9 Å². The van der Waals surface area contributed by atoms with Gasteiger partial charge in [-0.25, -0.2) is 0 Å². The van der Waals surface area contributed by atoms with Gasteiger partial charge in [-0.3, -0.25) is 9.59 Å². The number of methoxy groups -OCH3 is 2. The van der Waals surface area contributed by atoms with Crippen molar-refractivity contribution in [3.8, 4) is 0 Å². The number of carbonyl (C=O) groups is 2. The third-order valence-corrected chi connectivity index (χ3v) is 4.17. The summed E-state index contributed by atoms with van der Waals surface area (Å²) in [6.07, 6.45) is 0.672. The largest absolute Gasteiger partial charge is 0.468 e. The molecular weight excluding hydrogens is 286 g/mol. The van der Waals surface area contributed by atoms with Crippen LogP contribution in [0.5, 0.6) is 0 Å². The molecule has 1 aromatic rings. The quantitative estimate of drug-likeness (QED) is 0.618. The molecule has 6 heteroatoms. The van der Waals surface area contributed by atoms with Gasteiger partial charge in [-0.2, -0.15) is 0 Å². The summed E-state index contributed by atoms with van der Waals surface area (Å²) in [5.74, 6) is -1.25. The molecule has 0 radical (unpaired) electrons. The maximum absolute atomic E-state index is 12.4. The summed E-state index contributed by atoms with van der Waals surface area (Å²) in [6, 6.07) is 8.52. The minimum absolute atomic E-state index is 0.0302. The van der Waals surface area contributed by atoms with Crippen LogP contribution in [-0.2, 0) is 19.1 Å². The van der Waals surface area contributed by atoms with Crippen LogP contribution in [0.2, 0.25) is 0 Å². The number of aliphatic hydroxyl groups excluding tert-OH is 1. The third-order valence-electron chi connectivity index (χ3n) is 4.17. The van der Waals surface area contributed by atoms with E-state index >= 15 is 0 Å². The Balaban J connectivity index is 2.49. The molecule has 1 aliphatic rings. The highest BCUT2D eigenvalue weighted by Crippen LogP contribution is 2.46. The molecule has 1 aromatic carbocycles. The minimum Gasteiger partial charge on any atom is -0.468 e. The van der Waals surface area contributed by atoms with E-state index in [2.05, 4.69) is 5.32 Å². The summed E-state index contributed by atoms with van der Waals surface area (Å²) in [6.45, 7) is -0.0302. The molecule has 0 aliphatic carbocycles. The Morgan fingerprint density at radius 2 is 1.82 bits per heavy atom. The lowest BCUT2D eigenvalue weighted by molar-refractivity contribution is -0.170. The average Bonchev–Trinajstić information content (AvgIpc) is 2.95. The molecule has 0 bridgehead atoms. The van der Waals surface area contributed by atoms with E-state index in [0.717, 1.165) is 5.56 Å². The number of aliphatic hydroxyl groups is 1. The summed E-state index contributed by atoms with van der Waals surface area (Å²) in [5.41, 5.74) is -0.635. The maximum Gasteiger partial charge on any atom is 0.325 e. The monoisotopic (exact) mass is 307 g/mol. The second-order valence-corrected chi connectivity index (χ2v) is 5.38. The van der Waals surface area contributed by atoms with Crippen LogP contribution in [-0.4, -0.2) is 43.9 Å². The van der Waals surface area contributed by atoms with Crippen molar-refractivity contribution in [1.82, 2.24) is 5.32 Å². The van der Waals surface area contributed by atoms with Crippen LogP contribution in [0.1, 0.15) is 24.4 Å². The average molecular weight is 307 g/mol. The molecule has 1 aliphatic heterocycles. The molecule has 120 valence electrons. The van der Waals surface area contributed by atoms with Crippen molar-refractivity contribution in [2.24, 2.45) is 5.41 Å². The fourth-order valence-electron chi connectivity index (χ4n) is 3.16. The van der Waals surface area contributed by atoms with Crippen LogP contribution in [0.15, 0.2) is 30.3 Å². The molecule has 0 saturated carbocycles. The Labute approximate surface area is 129 Å². The van der Waals surface area contributed by atoms with E-state index in [0.29, 0.717) is 6.42 Å². The summed E-state index contributed by atoms with van der Waals surface area (Å²) < 4.78 is 9.79. The zero-order chi connectivity index (χ0) is 16.2. The van der Waals surface area contributed by atoms with Crippen molar-refractivity contribution in [3.63, 3.8) is 0 Å². The number of benzene rings is 1. The van der Waals surface area contributed by atoms with Gasteiger partial charge in [0.1, 0.15) is 0 Å². The number of hydrogen-bond donors (Lipinski definition) is 2. The molecular formula is C16H21NO5. The lowest BCUT2D eigenvalue weighted by atomic mass is 9.76. The van der Waals surface area contributed by atoms with E-state index in [9.17, 15) is 14.7 Å². The minimum atomic E-state index is -1.44. The van der Waals surface area contributed by atoms with Gasteiger partial charge in [0.15, 0.2) is 5.41 Å². The van der Waals surface area contributed by atoms with Gasteiger partial charge in [0.2, 0.25) is 0 Å². The molecule has 1 fully saturated rings. The smallest absolute Gasteiger partial charge is 0.325 e. The lowest BCUT2D eigenvalue weighted by Crippen LogP contribution is -2.45. The highest BCUT2D eigenvalue weighted by molar-refractivity contribution is 6.01. The predicted octanol–water partition coefficient (Wildman–Crippen LogP) is 0.804. The van der Waals surface area contributed by atoms with Gasteiger partial charge in [-0.15, -0.1) is 0 Å². The number of hydrogen-bond acceptors (Lipinski definition) is 6. The number of esters is 2. The van der Waals surface area contributed by atoms with Gasteiger partial charge in [0.25, 0.3) is 0 Å². The zero-order valence-corrected chi connectivity index (χ0v) is 12.7. The number of ether oxygens (including phenoxy) is 2. The summed E-state index contributed by atoms with van der Waals surface area (Å²) >= 11 is 0. The zero-order valence-electron chi connectivity index (χ0n) is 12.7. The Kier molecular flexibility index (Phi) is 5.15. The van der Waals surface area contributed by atoms with Gasteiger partial charge < -0.3 is 19.9 Å². The van der Waals surface area contributed by atoms with E-state index in [-0.39, 0.29) is 19.1 Å². The summed E-state index contributed by atoms with van der Waals surface area (Å²) in [4.78, 5) is 24.9. The molecule has 2 N–H and O–H groups in total. The maximum atomic E-state index is 12.4. The van der Waals surface area contributed by atoms with Gasteiger partial charge in [0.05, 0.1) is 20.3 Å². The van der Waals surface area contributed by atoms with Gasteiger partial charge in [-0.05, 0) is 18.4 Å². The van der Waals surface area contributed by atoms with E-state index in [4.69, 9.17) is 9.47 Å². The molecule has 2 rings (SSSR count). The molecule has 0 amide bonds. The van der Waals surface area contributed by atoms with Crippen LogP contribution in [0.3, 0.4) is 0 Å². The van der Waals surface area contributed by atoms with Crippen LogP contribution in [0, 0.1) is 5.41 Å². The second-order valence-electron chi connectivity index (χ2n) is 5.38. The van der Waals surface area contributed by atoms with Crippen LogP contribution in [0.4, 0.5) is 0 Å². The van der Waals surface area contributed by atoms with Crippen LogP contribution < -0.4 is 5.32 Å². The number of nitrogens with one attached hydrogen (secondary N) is 1. The number of rotatable bonds is 5. The van der Waals surface area contributed by atoms with Crippen molar-refractivity contribution < 1.29 is 24.2 Å². The first-order chi connectivity index (χ1) is 10.6. The van der Waals surface area contributed by atoms with Gasteiger partial charge >= 0.3 is 11.9 Å². The third kappa shape index (κ3) is 2.71. The molecule has 1 heterocycles. The second kappa shape index (κ2) is 6.89. The lowest BCUT2D eigenvalue weighted by Gasteiger charge is -2.29. The SMILES string of the molecule is COC(=O)C1(C(=O)OC)C[C@H](CCO)N[C@H]1c1ccccc1. The van der Waals surface area contributed by atoms with Crippen molar-refractivity contribution in [2.75, 3.05) is 20.8 Å². The standard InChI is InChI=1S/C16H21NO5/c1-21-14(19)16(15(20)22-2)10-12(8-9-18)17-13(16)11-6-4-3-5-7-11/h3-7,12-13,17-18H,8-10H2,1-2H3/t12-,13-/m0/s1. The van der Waals surface area contributed by atoms with Gasteiger partial charge in [-0.1, -0.05) is 30.3 Å². The summed E-state index contributed by atoms with van der Waals surface area (Å²) in [5, 5.41) is 12.4. The van der Waals surface area contributed by atoms with E-state index in [1.807, 2.05) is 30.3 Å². The Bertz CT molecular complexity index is 515. The van der Waals surface area contributed by atoms with Crippen molar-refractivity contribution >= 4 is 11.9 Å². The van der Waals surface area contributed by atoms with Crippen molar-refractivity contribution in [1.29, 1.82) is 0 Å². The Morgan fingerprint density at radius 3 is 2.32 bits per heavy atom. The Morgan fingerprint density at radius 1 is 1.23 bits per heavy atom. The van der Waals surface area contributed by atoms with E-state index in [1.54, 1.807) is 0 Å². The first-order valence-electron chi connectivity index (χ1n) is 7.18. The first-order valence-corrected chi connectivity index (χ1v) is 7.18. The van der Waals surface area contributed by atoms with Crippen molar-refractivity contribution in [3.05, 3.63) is 35.9 Å². The van der Waals surface area contributed by atoms with E-state index < -0.39 is 23.4 Å². The normalized spacial score (nSPS) is 23.0. The molecule has 2 atom stereocenters. The first kappa shape index (κ1) is 16.5. The highest BCUT2D eigenvalue weighted by Gasteiger charge is 2.60.